The van der Waals surface area contributed by atoms with Gasteiger partial charge < -0.3 is 14.7 Å². The Balaban J connectivity index is 1.94. The molecule has 20 heavy (non-hydrogen) atoms. The summed E-state index contributed by atoms with van der Waals surface area (Å²) in [5.74, 6) is 1.41. The summed E-state index contributed by atoms with van der Waals surface area (Å²) in [6.45, 7) is 7.96. The van der Waals surface area contributed by atoms with Gasteiger partial charge in [-0.05, 0) is 43.0 Å². The molecular formula is C17H27NO2. The van der Waals surface area contributed by atoms with E-state index in [0.717, 1.165) is 31.8 Å². The number of nitrogens with zero attached hydrogens (tertiary/aromatic N) is 1. The Hall–Kier alpha value is -1.06. The Labute approximate surface area is 122 Å². The lowest BCUT2D eigenvalue weighted by atomic mass is 9.82. The first kappa shape index (κ1) is 15.3. The van der Waals surface area contributed by atoms with Crippen molar-refractivity contribution in [2.75, 3.05) is 33.4 Å². The molecule has 0 saturated carbocycles. The van der Waals surface area contributed by atoms with Crippen molar-refractivity contribution >= 4 is 0 Å². The largest absolute Gasteiger partial charge is 0.497 e. The van der Waals surface area contributed by atoms with Gasteiger partial charge in [-0.3, -0.25) is 0 Å². The highest BCUT2D eigenvalue weighted by molar-refractivity contribution is 5.29. The van der Waals surface area contributed by atoms with Gasteiger partial charge in [-0.15, -0.1) is 0 Å². The zero-order valence-corrected chi connectivity index (χ0v) is 12.9. The highest BCUT2D eigenvalue weighted by Crippen LogP contribution is 2.30. The predicted molar refractivity (Wildman–Crippen MR) is 82.3 cm³/mol. The minimum atomic E-state index is 0.0812. The molecule has 0 amide bonds. The van der Waals surface area contributed by atoms with Crippen molar-refractivity contribution in [3.05, 3.63) is 29.8 Å². The third-order valence-electron chi connectivity index (χ3n) is 4.46. The zero-order valence-electron chi connectivity index (χ0n) is 12.9. The maximum Gasteiger partial charge on any atom is 0.118 e. The summed E-state index contributed by atoms with van der Waals surface area (Å²) in [5.41, 5.74) is 1.43. The van der Waals surface area contributed by atoms with Crippen LogP contribution in [-0.4, -0.2) is 43.4 Å². The van der Waals surface area contributed by atoms with Crippen molar-refractivity contribution in [2.45, 2.75) is 32.6 Å². The summed E-state index contributed by atoms with van der Waals surface area (Å²) in [6.07, 6.45) is 2.32. The van der Waals surface area contributed by atoms with Crippen molar-refractivity contribution in [1.82, 2.24) is 4.90 Å². The van der Waals surface area contributed by atoms with Gasteiger partial charge in [0, 0.05) is 25.1 Å². The molecule has 1 heterocycles. The molecule has 1 aromatic carbocycles. The van der Waals surface area contributed by atoms with Gasteiger partial charge in [0.1, 0.15) is 5.75 Å². The number of hydrogen-bond acceptors (Lipinski definition) is 3. The van der Waals surface area contributed by atoms with Crippen molar-refractivity contribution in [1.29, 1.82) is 0 Å². The summed E-state index contributed by atoms with van der Waals surface area (Å²) in [6, 6.07) is 8.36. The second-order valence-electron chi connectivity index (χ2n) is 6.48. The second-order valence-corrected chi connectivity index (χ2v) is 6.48. The Morgan fingerprint density at radius 1 is 1.35 bits per heavy atom. The maximum absolute atomic E-state index is 9.54. The number of aliphatic hydroxyl groups excluding tert-OH is 1. The Morgan fingerprint density at radius 3 is 2.65 bits per heavy atom. The average Bonchev–Trinajstić information content (AvgIpc) is 2.47. The number of ether oxygens (including phenoxy) is 1. The van der Waals surface area contributed by atoms with E-state index in [0.29, 0.717) is 12.5 Å². The Bertz CT molecular complexity index is 418. The smallest absolute Gasteiger partial charge is 0.118 e. The SMILES string of the molecule is COc1ccc([C@H](C)CN2CCC[C@](C)(CO)C2)cc1. The fourth-order valence-corrected chi connectivity index (χ4v) is 3.14. The van der Waals surface area contributed by atoms with E-state index in [1.165, 1.54) is 12.0 Å². The van der Waals surface area contributed by atoms with Gasteiger partial charge in [0.2, 0.25) is 0 Å². The minimum Gasteiger partial charge on any atom is -0.497 e. The molecule has 0 radical (unpaired) electrons. The third kappa shape index (κ3) is 3.74. The Kier molecular flexibility index (Phi) is 5.06. The van der Waals surface area contributed by atoms with E-state index < -0.39 is 0 Å². The summed E-state index contributed by atoms with van der Waals surface area (Å²) in [7, 11) is 1.70. The highest BCUT2D eigenvalue weighted by atomic mass is 16.5. The first-order valence-electron chi connectivity index (χ1n) is 7.53. The highest BCUT2D eigenvalue weighted by Gasteiger charge is 2.30. The van der Waals surface area contributed by atoms with Crippen LogP contribution < -0.4 is 4.74 Å². The molecule has 1 aliphatic heterocycles. The fourth-order valence-electron chi connectivity index (χ4n) is 3.14. The van der Waals surface area contributed by atoms with Crippen LogP contribution in [0.3, 0.4) is 0 Å². The van der Waals surface area contributed by atoms with Gasteiger partial charge in [-0.25, -0.2) is 0 Å². The molecule has 2 rings (SSSR count). The molecule has 1 fully saturated rings. The number of rotatable bonds is 5. The van der Waals surface area contributed by atoms with Gasteiger partial charge in [-0.1, -0.05) is 26.0 Å². The summed E-state index contributed by atoms with van der Waals surface area (Å²) in [4.78, 5) is 2.49. The molecule has 1 aliphatic rings. The molecule has 1 aromatic rings. The summed E-state index contributed by atoms with van der Waals surface area (Å²) in [5, 5.41) is 9.54. The lowest BCUT2D eigenvalue weighted by molar-refractivity contribution is 0.0444. The predicted octanol–water partition coefficient (Wildman–Crippen LogP) is 2.89. The van der Waals surface area contributed by atoms with Gasteiger partial charge in [-0.2, -0.15) is 0 Å². The van der Waals surface area contributed by atoms with Crippen LogP contribution in [-0.2, 0) is 0 Å². The topological polar surface area (TPSA) is 32.7 Å². The van der Waals surface area contributed by atoms with Crippen LogP contribution in [0.25, 0.3) is 0 Å². The van der Waals surface area contributed by atoms with Gasteiger partial charge in [0.05, 0.1) is 7.11 Å². The average molecular weight is 277 g/mol. The molecule has 0 bridgehead atoms. The van der Waals surface area contributed by atoms with E-state index in [4.69, 9.17) is 4.74 Å². The number of hydrogen-bond donors (Lipinski definition) is 1. The second kappa shape index (κ2) is 6.59. The van der Waals surface area contributed by atoms with E-state index in [9.17, 15) is 5.11 Å². The monoisotopic (exact) mass is 277 g/mol. The number of piperidine rings is 1. The molecule has 0 unspecified atom stereocenters. The number of likely N-dealkylation sites (tertiary alicyclic amines) is 1. The van der Waals surface area contributed by atoms with E-state index in [2.05, 4.69) is 30.9 Å². The summed E-state index contributed by atoms with van der Waals surface area (Å²) < 4.78 is 5.20. The van der Waals surface area contributed by atoms with E-state index in [-0.39, 0.29) is 5.41 Å². The van der Waals surface area contributed by atoms with Crippen LogP contribution in [0.15, 0.2) is 24.3 Å². The number of aliphatic hydroxyl groups is 1. The van der Waals surface area contributed by atoms with Crippen LogP contribution in [0.4, 0.5) is 0 Å². The third-order valence-corrected chi connectivity index (χ3v) is 4.46. The zero-order chi connectivity index (χ0) is 14.6. The molecule has 2 atom stereocenters. The van der Waals surface area contributed by atoms with E-state index >= 15 is 0 Å². The molecule has 112 valence electrons. The molecule has 0 aliphatic carbocycles. The van der Waals surface area contributed by atoms with Gasteiger partial charge in [0.25, 0.3) is 0 Å². The van der Waals surface area contributed by atoms with Crippen LogP contribution in [0.1, 0.15) is 38.2 Å². The Morgan fingerprint density at radius 2 is 2.05 bits per heavy atom. The molecule has 0 spiro atoms. The molecule has 0 aromatic heterocycles. The molecular weight excluding hydrogens is 250 g/mol. The standard InChI is InChI=1S/C17H27NO2/c1-14(15-5-7-16(20-3)8-6-15)11-18-10-4-9-17(2,12-18)13-19/h5-8,14,19H,4,9-13H2,1-3H3/t14-,17+/m1/s1. The van der Waals surface area contributed by atoms with Gasteiger partial charge >= 0.3 is 0 Å². The van der Waals surface area contributed by atoms with Gasteiger partial charge in [0.15, 0.2) is 0 Å². The van der Waals surface area contributed by atoms with E-state index in [1.807, 2.05) is 12.1 Å². The number of benzene rings is 1. The van der Waals surface area contributed by atoms with Crippen LogP contribution in [0, 0.1) is 5.41 Å². The summed E-state index contributed by atoms with van der Waals surface area (Å²) >= 11 is 0. The molecule has 3 heteroatoms. The van der Waals surface area contributed by atoms with Crippen molar-refractivity contribution in [3.63, 3.8) is 0 Å². The fraction of sp³-hybridized carbons (Fsp3) is 0.647. The van der Waals surface area contributed by atoms with Crippen LogP contribution in [0.2, 0.25) is 0 Å². The first-order chi connectivity index (χ1) is 9.56. The maximum atomic E-state index is 9.54. The molecule has 1 saturated heterocycles. The van der Waals surface area contributed by atoms with Crippen molar-refractivity contribution in [2.24, 2.45) is 5.41 Å². The van der Waals surface area contributed by atoms with E-state index in [1.54, 1.807) is 7.11 Å². The van der Waals surface area contributed by atoms with Crippen LogP contribution in [0.5, 0.6) is 5.75 Å². The van der Waals surface area contributed by atoms with Crippen molar-refractivity contribution in [3.8, 4) is 5.75 Å². The molecule has 1 N–H and O–H groups in total. The van der Waals surface area contributed by atoms with Crippen LogP contribution >= 0.6 is 0 Å². The molecule has 3 nitrogen and oxygen atoms in total. The minimum absolute atomic E-state index is 0.0812. The lowest BCUT2D eigenvalue weighted by Gasteiger charge is -2.40. The number of methoxy groups -OCH3 is 1. The quantitative estimate of drug-likeness (QED) is 0.898. The normalized spacial score (nSPS) is 25.4. The first-order valence-corrected chi connectivity index (χ1v) is 7.53. The lowest BCUT2D eigenvalue weighted by Crippen LogP contribution is -2.44. The van der Waals surface area contributed by atoms with Crippen molar-refractivity contribution < 1.29 is 9.84 Å².